The smallest absolute Gasteiger partial charge is 0.262 e. The zero-order chi connectivity index (χ0) is 13.7. The maximum atomic E-state index is 11.9. The Morgan fingerprint density at radius 1 is 1.00 bits per heavy atom. The fourth-order valence-corrected chi connectivity index (χ4v) is 1.85. The molecule has 0 fully saturated rings. The van der Waals surface area contributed by atoms with Gasteiger partial charge in [-0.15, -0.1) is 0 Å². The number of amides is 1. The molecule has 98 valence electrons. The van der Waals surface area contributed by atoms with Gasteiger partial charge in [0.05, 0.1) is 0 Å². The molecule has 0 aromatic heterocycles. The monoisotopic (exact) mass is 255 g/mol. The van der Waals surface area contributed by atoms with Crippen molar-refractivity contribution in [1.29, 1.82) is 0 Å². The average molecular weight is 255 g/mol. The molecule has 19 heavy (non-hydrogen) atoms. The summed E-state index contributed by atoms with van der Waals surface area (Å²) < 4.78 is 5.41. The van der Waals surface area contributed by atoms with E-state index in [0.717, 1.165) is 16.8 Å². The normalized spacial score (nSPS) is 10.0. The number of hydrogen-bond acceptors (Lipinski definition) is 2. The van der Waals surface area contributed by atoms with Crippen LogP contribution in [0.2, 0.25) is 0 Å². The lowest BCUT2D eigenvalue weighted by atomic mass is 10.1. The predicted molar refractivity (Wildman–Crippen MR) is 76.5 cm³/mol. The van der Waals surface area contributed by atoms with Crippen molar-refractivity contribution in [3.63, 3.8) is 0 Å². The van der Waals surface area contributed by atoms with E-state index in [2.05, 4.69) is 5.32 Å². The Morgan fingerprint density at radius 3 is 2.26 bits per heavy atom. The molecule has 0 heterocycles. The van der Waals surface area contributed by atoms with Gasteiger partial charge in [-0.3, -0.25) is 4.79 Å². The van der Waals surface area contributed by atoms with Gasteiger partial charge in [0.2, 0.25) is 0 Å². The molecule has 3 nitrogen and oxygen atoms in total. The Kier molecular flexibility index (Phi) is 4.18. The van der Waals surface area contributed by atoms with E-state index in [0.29, 0.717) is 5.75 Å². The van der Waals surface area contributed by atoms with Crippen molar-refractivity contribution in [2.45, 2.75) is 13.8 Å². The first-order valence-electron chi connectivity index (χ1n) is 6.21. The second-order valence-corrected chi connectivity index (χ2v) is 4.42. The standard InChI is InChI=1S/C16H17NO2/c1-12-7-6-8-13(2)16(12)17-15(18)11-19-14-9-4-3-5-10-14/h3-10H,11H2,1-2H3,(H,17,18). The molecular formula is C16H17NO2. The number of anilines is 1. The van der Waals surface area contributed by atoms with Gasteiger partial charge in [0, 0.05) is 5.69 Å². The lowest BCUT2D eigenvalue weighted by Crippen LogP contribution is -2.21. The van der Waals surface area contributed by atoms with Crippen molar-refractivity contribution in [2.75, 3.05) is 11.9 Å². The highest BCUT2D eigenvalue weighted by Crippen LogP contribution is 2.19. The van der Waals surface area contributed by atoms with E-state index >= 15 is 0 Å². The number of aryl methyl sites for hydroxylation is 2. The van der Waals surface area contributed by atoms with Crippen LogP contribution in [0.4, 0.5) is 5.69 Å². The molecule has 1 N–H and O–H groups in total. The highest BCUT2D eigenvalue weighted by molar-refractivity contribution is 5.93. The molecule has 1 amide bonds. The van der Waals surface area contributed by atoms with Crippen LogP contribution in [0.25, 0.3) is 0 Å². The predicted octanol–water partition coefficient (Wildman–Crippen LogP) is 3.32. The molecule has 0 aliphatic heterocycles. The molecule has 0 aliphatic rings. The molecule has 0 saturated heterocycles. The number of hydrogen-bond donors (Lipinski definition) is 1. The number of rotatable bonds is 4. The van der Waals surface area contributed by atoms with Crippen LogP contribution < -0.4 is 10.1 Å². The number of nitrogens with one attached hydrogen (secondary N) is 1. The molecular weight excluding hydrogens is 238 g/mol. The van der Waals surface area contributed by atoms with E-state index in [1.165, 1.54) is 0 Å². The zero-order valence-electron chi connectivity index (χ0n) is 11.1. The van der Waals surface area contributed by atoms with Crippen molar-refractivity contribution >= 4 is 11.6 Å². The third-order valence-corrected chi connectivity index (χ3v) is 2.86. The van der Waals surface area contributed by atoms with Crippen LogP contribution in [0.15, 0.2) is 48.5 Å². The minimum absolute atomic E-state index is 0.0117. The van der Waals surface area contributed by atoms with Crippen LogP contribution in [-0.2, 0) is 4.79 Å². The molecule has 0 aliphatic carbocycles. The second-order valence-electron chi connectivity index (χ2n) is 4.42. The highest BCUT2D eigenvalue weighted by atomic mass is 16.5. The number of carbonyl (C=O) groups is 1. The molecule has 2 aromatic carbocycles. The van der Waals surface area contributed by atoms with E-state index in [1.54, 1.807) is 0 Å². The summed E-state index contributed by atoms with van der Waals surface area (Å²) in [5, 5.41) is 2.88. The number of carbonyl (C=O) groups excluding carboxylic acids is 1. The average Bonchev–Trinajstić information content (AvgIpc) is 2.42. The molecule has 0 atom stereocenters. The van der Waals surface area contributed by atoms with Gasteiger partial charge >= 0.3 is 0 Å². The van der Waals surface area contributed by atoms with Gasteiger partial charge in [0.1, 0.15) is 5.75 Å². The number of para-hydroxylation sites is 2. The molecule has 0 spiro atoms. The number of benzene rings is 2. The van der Waals surface area contributed by atoms with Crippen molar-refractivity contribution in [3.05, 3.63) is 59.7 Å². The van der Waals surface area contributed by atoms with Gasteiger partial charge in [-0.25, -0.2) is 0 Å². The van der Waals surface area contributed by atoms with Gasteiger partial charge in [-0.05, 0) is 37.1 Å². The van der Waals surface area contributed by atoms with Gasteiger partial charge in [0.25, 0.3) is 5.91 Å². The van der Waals surface area contributed by atoms with Crippen LogP contribution in [0.3, 0.4) is 0 Å². The molecule has 0 unspecified atom stereocenters. The summed E-state index contributed by atoms with van der Waals surface area (Å²) in [6, 6.07) is 15.2. The lowest BCUT2D eigenvalue weighted by molar-refractivity contribution is -0.118. The van der Waals surface area contributed by atoms with E-state index < -0.39 is 0 Å². The van der Waals surface area contributed by atoms with Gasteiger partial charge in [0.15, 0.2) is 6.61 Å². The van der Waals surface area contributed by atoms with Crippen LogP contribution in [-0.4, -0.2) is 12.5 Å². The van der Waals surface area contributed by atoms with Crippen LogP contribution in [0.5, 0.6) is 5.75 Å². The van der Waals surface area contributed by atoms with E-state index in [9.17, 15) is 4.79 Å². The topological polar surface area (TPSA) is 38.3 Å². The summed E-state index contributed by atoms with van der Waals surface area (Å²) >= 11 is 0. The molecule has 2 aromatic rings. The van der Waals surface area contributed by atoms with Crippen LogP contribution in [0, 0.1) is 13.8 Å². The summed E-state index contributed by atoms with van der Waals surface area (Å²) in [5.41, 5.74) is 2.96. The third kappa shape index (κ3) is 3.58. The fourth-order valence-electron chi connectivity index (χ4n) is 1.85. The zero-order valence-corrected chi connectivity index (χ0v) is 11.1. The quantitative estimate of drug-likeness (QED) is 0.910. The molecule has 3 heteroatoms. The van der Waals surface area contributed by atoms with Gasteiger partial charge in [-0.1, -0.05) is 36.4 Å². The van der Waals surface area contributed by atoms with Crippen molar-refractivity contribution in [2.24, 2.45) is 0 Å². The van der Waals surface area contributed by atoms with Crippen molar-refractivity contribution in [3.8, 4) is 5.75 Å². The van der Waals surface area contributed by atoms with Gasteiger partial charge < -0.3 is 10.1 Å². The van der Waals surface area contributed by atoms with Gasteiger partial charge in [-0.2, -0.15) is 0 Å². The summed E-state index contributed by atoms with van der Waals surface area (Å²) in [6.07, 6.45) is 0. The summed E-state index contributed by atoms with van der Waals surface area (Å²) in [7, 11) is 0. The summed E-state index contributed by atoms with van der Waals surface area (Å²) in [4.78, 5) is 11.9. The molecule has 0 radical (unpaired) electrons. The molecule has 0 saturated carbocycles. The number of ether oxygens (including phenoxy) is 1. The SMILES string of the molecule is Cc1cccc(C)c1NC(=O)COc1ccccc1. The van der Waals surface area contributed by atoms with E-state index in [4.69, 9.17) is 4.74 Å². The summed E-state index contributed by atoms with van der Waals surface area (Å²) in [6.45, 7) is 3.96. The highest BCUT2D eigenvalue weighted by Gasteiger charge is 2.07. The minimum atomic E-state index is -0.152. The summed E-state index contributed by atoms with van der Waals surface area (Å²) in [5.74, 6) is 0.542. The molecule has 0 bridgehead atoms. The van der Waals surface area contributed by atoms with Crippen LogP contribution in [0.1, 0.15) is 11.1 Å². The second kappa shape index (κ2) is 6.05. The van der Waals surface area contributed by atoms with Crippen LogP contribution >= 0.6 is 0 Å². The first kappa shape index (κ1) is 13.1. The largest absolute Gasteiger partial charge is 0.484 e. The van der Waals surface area contributed by atoms with Crippen molar-refractivity contribution in [1.82, 2.24) is 0 Å². The Hall–Kier alpha value is -2.29. The Morgan fingerprint density at radius 2 is 1.63 bits per heavy atom. The minimum Gasteiger partial charge on any atom is -0.484 e. The fraction of sp³-hybridized carbons (Fsp3) is 0.188. The maximum Gasteiger partial charge on any atom is 0.262 e. The first-order valence-corrected chi connectivity index (χ1v) is 6.21. The van der Waals surface area contributed by atoms with E-state index in [1.807, 2.05) is 62.4 Å². The van der Waals surface area contributed by atoms with Crippen molar-refractivity contribution < 1.29 is 9.53 Å². The van der Waals surface area contributed by atoms with E-state index in [-0.39, 0.29) is 12.5 Å². The Balaban J connectivity index is 1.95. The first-order chi connectivity index (χ1) is 9.16. The Bertz CT molecular complexity index is 544. The lowest BCUT2D eigenvalue weighted by Gasteiger charge is -2.12. The molecule has 2 rings (SSSR count). The Labute approximate surface area is 113 Å². The third-order valence-electron chi connectivity index (χ3n) is 2.86. The maximum absolute atomic E-state index is 11.9.